The van der Waals surface area contributed by atoms with E-state index in [-0.39, 0.29) is 19.0 Å². The molecule has 0 heterocycles. The average Bonchev–Trinajstić information content (AvgIpc) is 2.78. The van der Waals surface area contributed by atoms with Gasteiger partial charge in [-0.2, -0.15) is 4.99 Å². The van der Waals surface area contributed by atoms with Crippen LogP contribution in [-0.2, 0) is 27.2 Å². The lowest BCUT2D eigenvalue weighted by Crippen LogP contribution is -2.42. The first-order chi connectivity index (χ1) is 17.0. The topological polar surface area (TPSA) is 104 Å². The minimum Gasteiger partial charge on any atom is -0.359 e. The van der Waals surface area contributed by atoms with E-state index in [9.17, 15) is 13.9 Å². The number of carbonyl (C=O) groups excluding carboxylic acids is 1. The predicted octanol–water partition coefficient (Wildman–Crippen LogP) is 6.98. The monoisotopic (exact) mass is 546 g/mol. The second-order valence-electron chi connectivity index (χ2n) is 8.73. The van der Waals surface area contributed by atoms with E-state index in [0.717, 1.165) is 0 Å². The van der Waals surface area contributed by atoms with Gasteiger partial charge in [-0.3, -0.25) is 13.9 Å². The number of aliphatic imine (C=N–C) groups is 1. The number of benzene rings is 1. The second kappa shape index (κ2) is 15.8. The second-order valence-corrected chi connectivity index (χ2v) is 13.3. The zero-order valence-corrected chi connectivity index (χ0v) is 24.8. The fourth-order valence-corrected chi connectivity index (χ4v) is 9.30. The minimum atomic E-state index is -4.27. The first-order valence-electron chi connectivity index (χ1n) is 12.8. The van der Waals surface area contributed by atoms with Crippen LogP contribution in [0.2, 0.25) is 0 Å². The van der Waals surface area contributed by atoms with Crippen molar-refractivity contribution in [2.24, 2.45) is 4.99 Å². The van der Waals surface area contributed by atoms with Crippen molar-refractivity contribution in [3.8, 4) is 0 Å². The number of carbonyl (C=O) groups is 1. The highest BCUT2D eigenvalue weighted by Crippen LogP contribution is 2.71. The first kappa shape index (κ1) is 32.7. The highest BCUT2D eigenvalue weighted by Gasteiger charge is 2.56. The van der Waals surface area contributed by atoms with Crippen molar-refractivity contribution < 1.29 is 32.0 Å². The Kier molecular flexibility index (Phi) is 14.4. The summed E-state index contributed by atoms with van der Waals surface area (Å²) in [5.41, 5.74) is 0.341. The van der Waals surface area contributed by atoms with Gasteiger partial charge in [0.1, 0.15) is 5.84 Å². The van der Waals surface area contributed by atoms with Gasteiger partial charge in [0.15, 0.2) is 0 Å². The summed E-state index contributed by atoms with van der Waals surface area (Å²) in [5, 5.41) is -1.56. The molecule has 0 radical (unpaired) electrons. The molecule has 0 saturated heterocycles. The van der Waals surface area contributed by atoms with Crippen molar-refractivity contribution in [3.05, 3.63) is 35.9 Å². The Hall–Kier alpha value is -1.34. The van der Waals surface area contributed by atoms with Gasteiger partial charge in [0.05, 0.1) is 25.4 Å². The standard InChI is InChI=1S/C25H44N2O7P2/c1-9-18-27(19-10-2)23(26-24(28)22-16-14-13-15-17-22)25(35(29,31-11-3)32-12-4)36(30,33-20(5)6)34-21(7)8/h13-17,20-21,25H,9-12,18-19H2,1-8H3. The lowest BCUT2D eigenvalue weighted by molar-refractivity contribution is 0.100. The Labute approximate surface area is 217 Å². The van der Waals surface area contributed by atoms with Crippen LogP contribution in [0.3, 0.4) is 0 Å². The Morgan fingerprint density at radius 1 is 0.833 bits per heavy atom. The molecule has 1 aromatic rings. The zero-order valence-electron chi connectivity index (χ0n) is 23.0. The van der Waals surface area contributed by atoms with Crippen molar-refractivity contribution in [2.45, 2.75) is 85.8 Å². The molecule has 0 spiro atoms. The molecule has 0 aliphatic carbocycles. The van der Waals surface area contributed by atoms with Gasteiger partial charge in [0.25, 0.3) is 5.91 Å². The molecule has 1 unspecified atom stereocenters. The summed E-state index contributed by atoms with van der Waals surface area (Å²) < 4.78 is 52.2. The van der Waals surface area contributed by atoms with Crippen LogP contribution in [0, 0.1) is 0 Å². The molecule has 11 heteroatoms. The molecule has 0 aliphatic heterocycles. The molecule has 1 atom stereocenters. The third-order valence-corrected chi connectivity index (χ3v) is 10.7. The molecule has 0 bridgehead atoms. The van der Waals surface area contributed by atoms with E-state index in [1.165, 1.54) is 0 Å². The zero-order chi connectivity index (χ0) is 27.4. The fourth-order valence-electron chi connectivity index (χ4n) is 3.64. The summed E-state index contributed by atoms with van der Waals surface area (Å²) in [6.45, 7) is 15.1. The van der Waals surface area contributed by atoms with Crippen LogP contribution >= 0.6 is 15.2 Å². The van der Waals surface area contributed by atoms with Gasteiger partial charge in [0.2, 0.25) is 5.40 Å². The highest BCUT2D eigenvalue weighted by molar-refractivity contribution is 7.74. The van der Waals surface area contributed by atoms with Crippen molar-refractivity contribution in [3.63, 3.8) is 0 Å². The molecule has 0 aromatic heterocycles. The molecular weight excluding hydrogens is 502 g/mol. The number of nitrogens with zero attached hydrogens (tertiary/aromatic N) is 2. The number of amidine groups is 1. The normalized spacial score (nSPS) is 13.9. The van der Waals surface area contributed by atoms with Crippen LogP contribution in [0.15, 0.2) is 35.3 Å². The van der Waals surface area contributed by atoms with E-state index in [1.807, 2.05) is 18.7 Å². The maximum atomic E-state index is 14.6. The summed E-state index contributed by atoms with van der Waals surface area (Å²) in [5.74, 6) is -0.532. The number of amides is 1. The highest BCUT2D eigenvalue weighted by atomic mass is 31.2. The Balaban J connectivity index is 4.04. The van der Waals surface area contributed by atoms with E-state index in [0.29, 0.717) is 31.5 Å². The van der Waals surface area contributed by atoms with E-state index < -0.39 is 38.7 Å². The van der Waals surface area contributed by atoms with Crippen molar-refractivity contribution in [2.75, 3.05) is 26.3 Å². The van der Waals surface area contributed by atoms with E-state index in [2.05, 4.69) is 4.99 Å². The minimum absolute atomic E-state index is 0.0264. The first-order valence-corrected chi connectivity index (χ1v) is 16.0. The molecule has 36 heavy (non-hydrogen) atoms. The van der Waals surface area contributed by atoms with Gasteiger partial charge in [0, 0.05) is 18.7 Å². The Bertz CT molecular complexity index is 892. The largest absolute Gasteiger partial charge is 0.359 e. The van der Waals surface area contributed by atoms with Crippen LogP contribution in [0.5, 0.6) is 0 Å². The number of hydrogen-bond donors (Lipinski definition) is 0. The van der Waals surface area contributed by atoms with Crippen LogP contribution in [0.25, 0.3) is 0 Å². The summed E-state index contributed by atoms with van der Waals surface area (Å²) in [6.07, 6.45) is 0.342. The van der Waals surface area contributed by atoms with E-state index in [1.54, 1.807) is 71.9 Å². The Morgan fingerprint density at radius 3 is 1.69 bits per heavy atom. The number of hydrogen-bond acceptors (Lipinski definition) is 7. The smallest absolute Gasteiger partial charge is 0.354 e. The molecule has 9 nitrogen and oxygen atoms in total. The molecule has 0 saturated carbocycles. The lowest BCUT2D eigenvalue weighted by atomic mass is 10.2. The molecular formula is C25H44N2O7P2. The van der Waals surface area contributed by atoms with E-state index >= 15 is 0 Å². The van der Waals surface area contributed by atoms with Gasteiger partial charge in [-0.25, -0.2) is 0 Å². The van der Waals surface area contributed by atoms with Crippen molar-refractivity contribution >= 4 is 26.9 Å². The third-order valence-electron chi connectivity index (χ3n) is 4.71. The van der Waals surface area contributed by atoms with Gasteiger partial charge in [-0.1, -0.05) is 32.0 Å². The predicted molar refractivity (Wildman–Crippen MR) is 145 cm³/mol. The van der Waals surface area contributed by atoms with E-state index in [4.69, 9.17) is 18.1 Å². The van der Waals surface area contributed by atoms with Crippen LogP contribution in [-0.4, -0.2) is 60.6 Å². The van der Waals surface area contributed by atoms with Gasteiger partial charge >= 0.3 is 15.2 Å². The van der Waals surface area contributed by atoms with Crippen LogP contribution in [0.1, 0.15) is 78.6 Å². The van der Waals surface area contributed by atoms with Crippen LogP contribution in [0.4, 0.5) is 0 Å². The van der Waals surface area contributed by atoms with Gasteiger partial charge < -0.3 is 23.0 Å². The molecule has 0 N–H and O–H groups in total. The molecule has 0 fully saturated rings. The maximum Gasteiger partial charge on any atom is 0.354 e. The SMILES string of the molecule is CCCN(CCC)C(=NC(=O)c1ccccc1)C(P(=O)(OCC)OCC)P(=O)(OC(C)C)OC(C)C. The molecule has 206 valence electrons. The summed E-state index contributed by atoms with van der Waals surface area (Å²) in [4.78, 5) is 19.6. The molecule has 1 rings (SSSR count). The van der Waals surface area contributed by atoms with Crippen molar-refractivity contribution in [1.82, 2.24) is 4.90 Å². The van der Waals surface area contributed by atoms with Crippen LogP contribution < -0.4 is 0 Å². The maximum absolute atomic E-state index is 14.6. The summed E-state index contributed by atoms with van der Waals surface area (Å²) in [6, 6.07) is 8.54. The fraction of sp³-hybridized carbons (Fsp3) is 0.680. The quantitative estimate of drug-likeness (QED) is 0.124. The molecule has 1 aromatic carbocycles. The average molecular weight is 547 g/mol. The summed E-state index contributed by atoms with van der Waals surface area (Å²) >= 11 is 0. The lowest BCUT2D eigenvalue weighted by Gasteiger charge is -2.37. The van der Waals surface area contributed by atoms with Gasteiger partial charge in [-0.15, -0.1) is 0 Å². The summed E-state index contributed by atoms with van der Waals surface area (Å²) in [7, 11) is -8.47. The van der Waals surface area contributed by atoms with Crippen molar-refractivity contribution in [1.29, 1.82) is 0 Å². The molecule has 0 aliphatic rings. The Morgan fingerprint density at radius 2 is 1.31 bits per heavy atom. The van der Waals surface area contributed by atoms with Gasteiger partial charge in [-0.05, 0) is 66.5 Å². The molecule has 1 amide bonds. The number of rotatable bonds is 16. The third kappa shape index (κ3) is 9.51.